The van der Waals surface area contributed by atoms with Gasteiger partial charge in [0.15, 0.2) is 0 Å². The lowest BCUT2D eigenvalue weighted by Gasteiger charge is -2.29. The number of carbonyl (C=O) groups is 3. The molecule has 190 valence electrons. The highest BCUT2D eigenvalue weighted by Crippen LogP contribution is 2.54. The van der Waals surface area contributed by atoms with Crippen molar-refractivity contribution in [1.29, 1.82) is 0 Å². The second-order valence-corrected chi connectivity index (χ2v) is 10.9. The maximum absolute atomic E-state index is 14.1. The van der Waals surface area contributed by atoms with Crippen LogP contribution in [0.4, 0.5) is 5.69 Å². The number of benzene rings is 3. The van der Waals surface area contributed by atoms with Gasteiger partial charge in [-0.15, -0.1) is 0 Å². The van der Waals surface area contributed by atoms with Gasteiger partial charge in [0.05, 0.1) is 18.4 Å². The molecule has 0 bridgehead atoms. The predicted molar refractivity (Wildman–Crippen MR) is 144 cm³/mol. The number of aromatic nitrogens is 1. The number of amides is 3. The molecule has 4 unspecified atom stereocenters. The molecule has 8 heteroatoms. The van der Waals surface area contributed by atoms with Gasteiger partial charge in [0.1, 0.15) is 5.54 Å². The number of rotatable bonds is 4. The zero-order chi connectivity index (χ0) is 26.2. The van der Waals surface area contributed by atoms with E-state index >= 15 is 0 Å². The lowest BCUT2D eigenvalue weighted by Crippen LogP contribution is -2.53. The summed E-state index contributed by atoms with van der Waals surface area (Å²) in [7, 11) is 0. The molecule has 4 atom stereocenters. The smallest absolute Gasteiger partial charge is 0.250 e. The molecule has 3 amide bonds. The van der Waals surface area contributed by atoms with Crippen LogP contribution in [-0.2, 0) is 32.9 Å². The third kappa shape index (κ3) is 3.15. The van der Waals surface area contributed by atoms with Crippen LogP contribution in [0.3, 0.4) is 0 Å². The third-order valence-electron chi connectivity index (χ3n) is 8.38. The lowest BCUT2D eigenvalue weighted by molar-refractivity contribution is -0.143. The summed E-state index contributed by atoms with van der Waals surface area (Å²) >= 11 is 6.47. The van der Waals surface area contributed by atoms with Gasteiger partial charge in [-0.1, -0.05) is 60.1 Å². The van der Waals surface area contributed by atoms with Gasteiger partial charge in [-0.2, -0.15) is 0 Å². The highest BCUT2D eigenvalue weighted by Gasteiger charge is 2.70. The van der Waals surface area contributed by atoms with E-state index in [0.717, 1.165) is 27.6 Å². The minimum atomic E-state index is -1.38. The summed E-state index contributed by atoms with van der Waals surface area (Å²) in [6.07, 6.45) is 2.42. The highest BCUT2D eigenvalue weighted by molar-refractivity contribution is 6.31. The number of anilines is 1. The first kappa shape index (κ1) is 23.2. The number of hydrogen-bond donors (Lipinski definition) is 3. The molecule has 4 aromatic rings. The van der Waals surface area contributed by atoms with E-state index in [9.17, 15) is 14.4 Å². The van der Waals surface area contributed by atoms with Gasteiger partial charge in [0, 0.05) is 39.4 Å². The number of imide groups is 1. The molecule has 38 heavy (non-hydrogen) atoms. The van der Waals surface area contributed by atoms with Crippen LogP contribution >= 0.6 is 11.6 Å². The topological polar surface area (TPSA) is 94.3 Å². The second kappa shape index (κ2) is 8.28. The van der Waals surface area contributed by atoms with Crippen LogP contribution in [0.2, 0.25) is 5.02 Å². The summed E-state index contributed by atoms with van der Waals surface area (Å²) in [5, 5.41) is 8.06. The summed E-state index contributed by atoms with van der Waals surface area (Å²) < 4.78 is 0. The molecule has 1 spiro atoms. The Bertz CT molecular complexity index is 1650. The van der Waals surface area contributed by atoms with Gasteiger partial charge in [0.2, 0.25) is 17.7 Å². The largest absolute Gasteiger partial charge is 0.361 e. The number of fused-ring (bicyclic) bond motifs is 5. The number of H-pyrrole nitrogens is 1. The van der Waals surface area contributed by atoms with Gasteiger partial charge in [-0.25, -0.2) is 0 Å². The molecule has 3 aromatic carbocycles. The molecule has 2 saturated heterocycles. The fourth-order valence-corrected chi connectivity index (χ4v) is 7.00. The Morgan fingerprint density at radius 2 is 1.74 bits per heavy atom. The normalized spacial score (nSPS) is 25.9. The molecular weight excluding hydrogens is 500 g/mol. The number of likely N-dealkylation sites (tertiary alicyclic amines) is 1. The Morgan fingerprint density at radius 1 is 0.974 bits per heavy atom. The van der Waals surface area contributed by atoms with Gasteiger partial charge in [-0.3, -0.25) is 24.6 Å². The van der Waals surface area contributed by atoms with Crippen LogP contribution in [0.15, 0.2) is 72.9 Å². The molecule has 3 aliphatic rings. The van der Waals surface area contributed by atoms with E-state index in [1.165, 1.54) is 4.90 Å². The number of aryl methyl sites for hydroxylation is 1. The molecule has 0 saturated carbocycles. The van der Waals surface area contributed by atoms with Crippen LogP contribution in [-0.4, -0.2) is 33.6 Å². The Morgan fingerprint density at radius 3 is 2.55 bits per heavy atom. The summed E-state index contributed by atoms with van der Waals surface area (Å²) in [4.78, 5) is 46.6. The number of nitrogens with zero attached hydrogens (tertiary/aromatic N) is 1. The number of para-hydroxylation sites is 1. The average molecular weight is 525 g/mol. The van der Waals surface area contributed by atoms with E-state index in [1.54, 1.807) is 12.1 Å². The molecule has 3 aliphatic heterocycles. The Balaban J connectivity index is 1.36. The third-order valence-corrected chi connectivity index (χ3v) is 8.59. The molecule has 7 rings (SSSR count). The van der Waals surface area contributed by atoms with Crippen molar-refractivity contribution >= 4 is 45.9 Å². The molecule has 2 fully saturated rings. The number of halogens is 1. The lowest BCUT2D eigenvalue weighted by atomic mass is 9.76. The highest BCUT2D eigenvalue weighted by atomic mass is 35.5. The van der Waals surface area contributed by atoms with Crippen LogP contribution < -0.4 is 10.6 Å². The van der Waals surface area contributed by atoms with Crippen LogP contribution in [0.25, 0.3) is 10.9 Å². The van der Waals surface area contributed by atoms with Crippen LogP contribution in [0.1, 0.15) is 22.3 Å². The van der Waals surface area contributed by atoms with E-state index < -0.39 is 23.4 Å². The van der Waals surface area contributed by atoms with E-state index in [2.05, 4.69) is 15.6 Å². The van der Waals surface area contributed by atoms with Crippen molar-refractivity contribution < 1.29 is 14.4 Å². The van der Waals surface area contributed by atoms with E-state index in [1.807, 2.05) is 67.7 Å². The first-order valence-corrected chi connectivity index (χ1v) is 13.1. The van der Waals surface area contributed by atoms with Crippen molar-refractivity contribution in [3.05, 3.63) is 100 Å². The van der Waals surface area contributed by atoms with Crippen LogP contribution in [0, 0.1) is 18.8 Å². The Kier molecular flexibility index (Phi) is 5.05. The molecule has 3 N–H and O–H groups in total. The van der Waals surface area contributed by atoms with Crippen molar-refractivity contribution in [3.8, 4) is 0 Å². The maximum Gasteiger partial charge on any atom is 0.250 e. The second-order valence-electron chi connectivity index (χ2n) is 10.5. The minimum absolute atomic E-state index is 0.171. The molecule has 0 aliphatic carbocycles. The minimum Gasteiger partial charge on any atom is -0.361 e. The first-order chi connectivity index (χ1) is 18.4. The van der Waals surface area contributed by atoms with Crippen molar-refractivity contribution in [1.82, 2.24) is 15.2 Å². The first-order valence-electron chi connectivity index (χ1n) is 12.7. The van der Waals surface area contributed by atoms with Crippen molar-refractivity contribution in [2.24, 2.45) is 11.8 Å². The fourth-order valence-electron chi connectivity index (χ4n) is 6.73. The average Bonchev–Trinajstić information content (AvgIpc) is 3.61. The van der Waals surface area contributed by atoms with Crippen molar-refractivity contribution in [3.63, 3.8) is 0 Å². The summed E-state index contributed by atoms with van der Waals surface area (Å²) in [5.74, 6) is -2.49. The summed E-state index contributed by atoms with van der Waals surface area (Å²) in [6, 6.07) is 20.5. The zero-order valence-corrected chi connectivity index (χ0v) is 21.4. The quantitative estimate of drug-likeness (QED) is 0.347. The molecule has 4 heterocycles. The number of carbonyl (C=O) groups excluding carboxylic acids is 3. The molecule has 1 aromatic heterocycles. The van der Waals surface area contributed by atoms with E-state index in [-0.39, 0.29) is 24.3 Å². The predicted octanol–water partition coefficient (Wildman–Crippen LogP) is 4.29. The van der Waals surface area contributed by atoms with Gasteiger partial charge >= 0.3 is 0 Å². The SMILES string of the molecule is Cc1cc(Cl)cc2c1NC(=O)C21NC(Cc2c[nH]c3ccccc23)C2C(=O)N(Cc3ccccc3)C(=O)C21. The number of hydrogen-bond acceptors (Lipinski definition) is 4. The number of aromatic amines is 1. The van der Waals surface area contributed by atoms with Gasteiger partial charge in [-0.05, 0) is 48.2 Å². The van der Waals surface area contributed by atoms with Crippen molar-refractivity contribution in [2.75, 3.05) is 5.32 Å². The van der Waals surface area contributed by atoms with Gasteiger partial charge < -0.3 is 10.3 Å². The molecule has 0 radical (unpaired) electrons. The Hall–Kier alpha value is -3.94. The zero-order valence-electron chi connectivity index (χ0n) is 20.6. The monoisotopic (exact) mass is 524 g/mol. The van der Waals surface area contributed by atoms with Crippen molar-refractivity contribution in [2.45, 2.75) is 31.5 Å². The van der Waals surface area contributed by atoms with Crippen LogP contribution in [0.5, 0.6) is 0 Å². The molecule has 7 nitrogen and oxygen atoms in total. The maximum atomic E-state index is 14.1. The van der Waals surface area contributed by atoms with E-state index in [0.29, 0.717) is 22.7 Å². The standard InChI is InChI=1S/C30H25ClN4O3/c1-16-11-19(31)13-21-26(16)33-29(38)30(21)25-24(27(36)35(28(25)37)15-17-7-3-2-4-8-17)23(34-30)12-18-14-32-22-10-6-5-9-20(18)22/h2-11,13-14,23-25,32,34H,12,15H2,1H3,(H,33,38). The summed E-state index contributed by atoms with van der Waals surface area (Å²) in [5.41, 5.74) is 3.60. The van der Waals surface area contributed by atoms with E-state index in [4.69, 9.17) is 11.6 Å². The fraction of sp³-hybridized carbons (Fsp3) is 0.233. The number of nitrogens with one attached hydrogen (secondary N) is 3. The van der Waals surface area contributed by atoms with Gasteiger partial charge in [0.25, 0.3) is 0 Å². The summed E-state index contributed by atoms with van der Waals surface area (Å²) in [6.45, 7) is 2.05. The Labute approximate surface area is 224 Å². The molecular formula is C30H25ClN4O3.